The first-order valence-electron chi connectivity index (χ1n) is 11.1. The lowest BCUT2D eigenvalue weighted by Crippen LogP contribution is -2.35. The van der Waals surface area contributed by atoms with Gasteiger partial charge in [-0.2, -0.15) is 0 Å². The minimum Gasteiger partial charge on any atom is -0.438 e. The van der Waals surface area contributed by atoms with E-state index in [0.717, 1.165) is 0 Å². The van der Waals surface area contributed by atoms with E-state index in [0.29, 0.717) is 18.4 Å². The lowest BCUT2D eigenvalue weighted by Gasteiger charge is -2.24. The SMILES string of the molecule is Cc1cn(CC2(OCP(=O)(OCOC(=O)C(C)(C)C)OCOC(=O)C(C)(C)C)CC2)c(=O)[nH]c1=O. The van der Waals surface area contributed by atoms with Gasteiger partial charge in [-0.05, 0) is 61.3 Å². The maximum absolute atomic E-state index is 13.3. The van der Waals surface area contributed by atoms with Gasteiger partial charge in [-0.25, -0.2) is 4.79 Å². The van der Waals surface area contributed by atoms with Crippen molar-refractivity contribution in [3.8, 4) is 0 Å². The fraction of sp³-hybridized carbons (Fsp3) is 0.727. The Morgan fingerprint density at radius 3 is 1.91 bits per heavy atom. The second kappa shape index (κ2) is 10.8. The molecule has 1 aliphatic rings. The number of hydrogen-bond acceptors (Lipinski definition) is 10. The van der Waals surface area contributed by atoms with Crippen LogP contribution >= 0.6 is 7.60 Å². The standard InChI is InChI=1S/C22H35N2O10P/c1-15-10-24(19(28)23-16(15)25)11-22(8-9-22)32-14-35(29,33-12-30-17(26)20(2,3)4)34-13-31-18(27)21(5,6)7/h10H,8-9,11-14H2,1-7H3,(H,23,25,28). The Balaban J connectivity index is 2.06. The number of hydrogen-bond donors (Lipinski definition) is 1. The van der Waals surface area contributed by atoms with E-state index in [-0.39, 0.29) is 6.54 Å². The summed E-state index contributed by atoms with van der Waals surface area (Å²) in [6, 6.07) is 0. The molecular formula is C22H35N2O10P. The molecule has 0 radical (unpaired) electrons. The van der Waals surface area contributed by atoms with Gasteiger partial charge in [-0.1, -0.05) is 0 Å². The molecule has 1 aromatic heterocycles. The molecule has 12 nitrogen and oxygen atoms in total. The van der Waals surface area contributed by atoms with Crippen LogP contribution < -0.4 is 11.2 Å². The van der Waals surface area contributed by atoms with E-state index in [1.807, 2.05) is 0 Å². The van der Waals surface area contributed by atoms with E-state index in [1.54, 1.807) is 48.5 Å². The van der Waals surface area contributed by atoms with Gasteiger partial charge in [-0.3, -0.25) is 37.5 Å². The summed E-state index contributed by atoms with van der Waals surface area (Å²) >= 11 is 0. The second-order valence-electron chi connectivity index (χ2n) is 10.6. The number of carbonyl (C=O) groups is 2. The van der Waals surface area contributed by atoms with E-state index in [9.17, 15) is 23.7 Å². The predicted octanol–water partition coefficient (Wildman–Crippen LogP) is 2.67. The molecule has 0 unspecified atom stereocenters. The van der Waals surface area contributed by atoms with Gasteiger partial charge in [0.1, 0.15) is 6.35 Å². The van der Waals surface area contributed by atoms with Crippen LogP contribution in [0.25, 0.3) is 0 Å². The molecule has 0 aromatic carbocycles. The number of H-pyrrole nitrogens is 1. The Hall–Kier alpha value is -2.27. The molecule has 1 heterocycles. The molecule has 0 amide bonds. The van der Waals surface area contributed by atoms with Crippen molar-refractivity contribution >= 4 is 19.5 Å². The van der Waals surface area contributed by atoms with Crippen LogP contribution in [0, 0.1) is 17.8 Å². The van der Waals surface area contributed by atoms with E-state index < -0.39 is 67.1 Å². The van der Waals surface area contributed by atoms with Gasteiger partial charge >= 0.3 is 25.2 Å². The number of nitrogens with one attached hydrogen (secondary N) is 1. The minimum absolute atomic E-state index is 0.113. The number of nitrogens with zero attached hydrogens (tertiary/aromatic N) is 1. The van der Waals surface area contributed by atoms with Gasteiger partial charge in [0.2, 0.25) is 13.6 Å². The number of carbonyl (C=O) groups excluding carboxylic acids is 2. The number of aromatic nitrogens is 2. The summed E-state index contributed by atoms with van der Waals surface area (Å²) in [5.41, 5.74) is -3.12. The third kappa shape index (κ3) is 8.71. The molecule has 198 valence electrons. The summed E-state index contributed by atoms with van der Waals surface area (Å²) in [4.78, 5) is 49.9. The monoisotopic (exact) mass is 518 g/mol. The van der Waals surface area contributed by atoms with Crippen molar-refractivity contribution in [1.82, 2.24) is 9.55 Å². The second-order valence-corrected chi connectivity index (χ2v) is 12.6. The predicted molar refractivity (Wildman–Crippen MR) is 125 cm³/mol. The average Bonchev–Trinajstić information content (AvgIpc) is 3.49. The van der Waals surface area contributed by atoms with Crippen LogP contribution in [-0.4, -0.2) is 47.0 Å². The zero-order valence-corrected chi connectivity index (χ0v) is 22.2. The highest BCUT2D eigenvalue weighted by molar-refractivity contribution is 7.53. The fourth-order valence-corrected chi connectivity index (χ4v) is 3.70. The Morgan fingerprint density at radius 1 is 1.00 bits per heavy atom. The third-order valence-electron chi connectivity index (χ3n) is 5.09. The molecule has 0 atom stereocenters. The van der Waals surface area contributed by atoms with Crippen LogP contribution in [0.2, 0.25) is 0 Å². The molecule has 1 fully saturated rings. The molecule has 35 heavy (non-hydrogen) atoms. The van der Waals surface area contributed by atoms with Crippen molar-refractivity contribution in [2.75, 3.05) is 19.9 Å². The topological polar surface area (TPSA) is 152 Å². The first-order valence-corrected chi connectivity index (χ1v) is 12.9. The third-order valence-corrected chi connectivity index (χ3v) is 6.53. The van der Waals surface area contributed by atoms with Crippen LogP contribution in [0.4, 0.5) is 0 Å². The maximum Gasteiger partial charge on any atom is 0.361 e. The first kappa shape index (κ1) is 29.0. The number of esters is 2. The fourth-order valence-electron chi connectivity index (χ4n) is 2.62. The largest absolute Gasteiger partial charge is 0.438 e. The molecule has 0 bridgehead atoms. The van der Waals surface area contributed by atoms with E-state index in [4.69, 9.17) is 23.3 Å². The highest BCUT2D eigenvalue weighted by Crippen LogP contribution is 2.52. The van der Waals surface area contributed by atoms with Crippen molar-refractivity contribution in [3.63, 3.8) is 0 Å². The number of ether oxygens (including phenoxy) is 3. The van der Waals surface area contributed by atoms with Crippen LogP contribution in [0.1, 0.15) is 59.9 Å². The maximum atomic E-state index is 13.3. The molecule has 1 saturated carbocycles. The molecule has 13 heteroatoms. The highest BCUT2D eigenvalue weighted by Gasteiger charge is 2.47. The van der Waals surface area contributed by atoms with Crippen LogP contribution in [0.15, 0.2) is 15.8 Å². The molecule has 1 aromatic rings. The molecular weight excluding hydrogens is 483 g/mol. The molecule has 1 aliphatic carbocycles. The van der Waals surface area contributed by atoms with Crippen molar-refractivity contribution in [1.29, 1.82) is 0 Å². The average molecular weight is 519 g/mol. The smallest absolute Gasteiger partial charge is 0.361 e. The van der Waals surface area contributed by atoms with Gasteiger partial charge in [0.25, 0.3) is 5.56 Å². The summed E-state index contributed by atoms with van der Waals surface area (Å²) in [6.45, 7) is 10.3. The van der Waals surface area contributed by atoms with Gasteiger partial charge in [0.05, 0.1) is 23.0 Å². The Morgan fingerprint density at radius 2 is 1.49 bits per heavy atom. The Labute approximate surface area is 203 Å². The molecule has 0 saturated heterocycles. The highest BCUT2D eigenvalue weighted by atomic mass is 31.2. The molecule has 2 rings (SSSR count). The van der Waals surface area contributed by atoms with Gasteiger partial charge in [-0.15, -0.1) is 0 Å². The first-order chi connectivity index (χ1) is 16.0. The van der Waals surface area contributed by atoms with E-state index in [1.165, 1.54) is 10.8 Å². The quantitative estimate of drug-likeness (QED) is 0.263. The van der Waals surface area contributed by atoms with Crippen LogP contribution in [0.5, 0.6) is 0 Å². The van der Waals surface area contributed by atoms with E-state index in [2.05, 4.69) is 4.98 Å². The molecule has 1 N–H and O–H groups in total. The summed E-state index contributed by atoms with van der Waals surface area (Å²) in [5.74, 6) is -1.15. The summed E-state index contributed by atoms with van der Waals surface area (Å²) < 4.78 is 41.0. The number of aryl methyl sites for hydroxylation is 1. The number of aromatic amines is 1. The van der Waals surface area contributed by atoms with Crippen LogP contribution in [-0.2, 0) is 44.0 Å². The zero-order valence-electron chi connectivity index (χ0n) is 21.3. The van der Waals surface area contributed by atoms with Crippen molar-refractivity contribution in [3.05, 3.63) is 32.6 Å². The lowest BCUT2D eigenvalue weighted by molar-refractivity contribution is -0.162. The lowest BCUT2D eigenvalue weighted by atomic mass is 9.98. The number of rotatable bonds is 11. The minimum atomic E-state index is -4.05. The molecule has 0 aliphatic heterocycles. The molecule has 0 spiro atoms. The summed E-state index contributed by atoms with van der Waals surface area (Å²) in [5, 5.41) is 0. The summed E-state index contributed by atoms with van der Waals surface area (Å²) in [6.07, 6.45) is 2.02. The van der Waals surface area contributed by atoms with E-state index >= 15 is 0 Å². The van der Waals surface area contributed by atoms with Gasteiger partial charge in [0.15, 0.2) is 0 Å². The van der Waals surface area contributed by atoms with Crippen molar-refractivity contribution in [2.24, 2.45) is 10.8 Å². The zero-order chi connectivity index (χ0) is 26.7. The van der Waals surface area contributed by atoms with Crippen LogP contribution in [0.3, 0.4) is 0 Å². The Bertz CT molecular complexity index is 1050. The Kier molecular flexibility index (Phi) is 8.92. The van der Waals surface area contributed by atoms with Crippen molar-refractivity contribution < 1.29 is 37.4 Å². The normalized spacial score (nSPS) is 15.5. The van der Waals surface area contributed by atoms with Gasteiger partial charge in [0, 0.05) is 11.8 Å². The summed E-state index contributed by atoms with van der Waals surface area (Å²) in [7, 11) is -4.05. The van der Waals surface area contributed by atoms with Crippen molar-refractivity contribution in [2.45, 2.75) is 73.5 Å². The van der Waals surface area contributed by atoms with Gasteiger partial charge < -0.3 is 14.2 Å².